The van der Waals surface area contributed by atoms with Gasteiger partial charge in [-0.2, -0.15) is 16.4 Å². The third-order valence-corrected chi connectivity index (χ3v) is 13.3. The van der Waals surface area contributed by atoms with Crippen molar-refractivity contribution in [3.05, 3.63) is 46.2 Å². The first-order valence-electron chi connectivity index (χ1n) is 14.7. The second-order valence-corrected chi connectivity index (χ2v) is 15.2. The first-order chi connectivity index (χ1) is 19.9. The van der Waals surface area contributed by atoms with Crippen molar-refractivity contribution >= 4 is 40.6 Å². The number of ketones is 2. The number of nitrogens with zero attached hydrogens (tertiary/aromatic N) is 1. The molecule has 0 aromatic carbocycles. The highest BCUT2D eigenvalue weighted by atomic mass is 32.2. The Balaban J connectivity index is 1.26. The predicted molar refractivity (Wildman–Crippen MR) is 153 cm³/mol. The average Bonchev–Trinajstić information content (AvgIpc) is 3.72. The van der Waals surface area contributed by atoms with Gasteiger partial charge in [-0.25, -0.2) is 8.78 Å². The summed E-state index contributed by atoms with van der Waals surface area (Å²) in [6, 6.07) is 2.00. The lowest BCUT2D eigenvalue weighted by atomic mass is 9.44. The van der Waals surface area contributed by atoms with Crippen LogP contribution >= 0.6 is 23.1 Å². The standard InChI is InChI=1S/C31H35F2NO6S2/c1-28-6-3-19(35)10-22(28)23(32)11-21-20-9-18-14-34(13-17-5-8-41-15-17)40-31(18,29(20,2)12-25(36)30(21,28)33)26(37)16-42-24-4-7-39-27(24)38/h3,5-6,8,10,15,18,20-21,23-25,36H,4,7,9,11-14,16H2,1-2H3/t18-,20-,21-,23-,24?,25-,28-,29-,30-,31-/m0/s1. The van der Waals surface area contributed by atoms with E-state index in [0.29, 0.717) is 32.5 Å². The van der Waals surface area contributed by atoms with Crippen LogP contribution in [-0.4, -0.2) is 75.4 Å². The number of Topliss-reactive ketones (excluding diaryl/α,β-unsaturated/α-hetero) is 1. The highest BCUT2D eigenvalue weighted by Gasteiger charge is 2.79. The number of aliphatic hydroxyl groups is 1. The number of halogens is 2. The third kappa shape index (κ3) is 3.76. The van der Waals surface area contributed by atoms with E-state index >= 15 is 8.78 Å². The van der Waals surface area contributed by atoms with Crippen molar-refractivity contribution in [2.24, 2.45) is 28.6 Å². The minimum Gasteiger partial charge on any atom is -0.465 e. The molecule has 2 saturated heterocycles. The number of carbonyl (C=O) groups excluding carboxylic acids is 3. The fraction of sp³-hybridized carbons (Fsp3) is 0.645. The molecule has 0 radical (unpaired) electrons. The molecule has 5 fully saturated rings. The molecule has 2 aliphatic heterocycles. The summed E-state index contributed by atoms with van der Waals surface area (Å²) in [6.07, 6.45) is 1.60. The Morgan fingerprint density at radius 1 is 1.26 bits per heavy atom. The van der Waals surface area contributed by atoms with Crippen molar-refractivity contribution in [1.29, 1.82) is 0 Å². The van der Waals surface area contributed by atoms with E-state index in [4.69, 9.17) is 9.57 Å². The average molecular weight is 620 g/mol. The van der Waals surface area contributed by atoms with Gasteiger partial charge in [0.2, 0.25) is 0 Å². The number of hydroxylamine groups is 2. The normalized spacial score (nSPS) is 46.1. The minimum atomic E-state index is -2.22. The molecule has 6 aliphatic rings. The van der Waals surface area contributed by atoms with Crippen LogP contribution in [0, 0.1) is 28.6 Å². The molecule has 7 nitrogen and oxygen atoms in total. The quantitative estimate of drug-likeness (QED) is 0.469. The van der Waals surface area contributed by atoms with Crippen molar-refractivity contribution in [3.63, 3.8) is 0 Å². The van der Waals surface area contributed by atoms with Crippen LogP contribution in [0.4, 0.5) is 8.78 Å². The van der Waals surface area contributed by atoms with Crippen molar-refractivity contribution in [1.82, 2.24) is 5.06 Å². The number of cyclic esters (lactones) is 1. The van der Waals surface area contributed by atoms with Gasteiger partial charge >= 0.3 is 5.97 Å². The van der Waals surface area contributed by atoms with Crippen LogP contribution in [0.5, 0.6) is 0 Å². The van der Waals surface area contributed by atoms with Gasteiger partial charge in [-0.3, -0.25) is 19.2 Å². The number of hydrogen-bond donors (Lipinski definition) is 1. The Morgan fingerprint density at radius 2 is 2.07 bits per heavy atom. The number of aliphatic hydroxyl groups excluding tert-OH is 1. The maximum atomic E-state index is 17.7. The van der Waals surface area contributed by atoms with Gasteiger partial charge in [0.15, 0.2) is 22.8 Å². The van der Waals surface area contributed by atoms with Gasteiger partial charge in [-0.1, -0.05) is 13.0 Å². The minimum absolute atomic E-state index is 0.0214. The smallest absolute Gasteiger partial charge is 0.319 e. The zero-order valence-corrected chi connectivity index (χ0v) is 25.2. The number of ether oxygens (including phenoxy) is 1. The van der Waals surface area contributed by atoms with Crippen molar-refractivity contribution in [3.8, 4) is 0 Å². The molecule has 1 aromatic heterocycles. The zero-order valence-electron chi connectivity index (χ0n) is 23.6. The number of alkyl halides is 2. The van der Waals surface area contributed by atoms with Gasteiger partial charge in [0.1, 0.15) is 11.4 Å². The van der Waals surface area contributed by atoms with Gasteiger partial charge in [0.25, 0.3) is 0 Å². The van der Waals surface area contributed by atoms with Crippen LogP contribution in [0.1, 0.15) is 45.1 Å². The second-order valence-electron chi connectivity index (χ2n) is 13.3. The summed E-state index contributed by atoms with van der Waals surface area (Å²) in [4.78, 5) is 45.5. The molecule has 1 unspecified atom stereocenters. The summed E-state index contributed by atoms with van der Waals surface area (Å²) >= 11 is 2.82. The van der Waals surface area contributed by atoms with E-state index in [1.807, 2.05) is 23.8 Å². The summed E-state index contributed by atoms with van der Waals surface area (Å²) in [6.45, 7) is 4.74. The van der Waals surface area contributed by atoms with Gasteiger partial charge in [-0.05, 0) is 72.2 Å². The van der Waals surface area contributed by atoms with Crippen molar-refractivity contribution in [2.75, 3.05) is 18.9 Å². The molecule has 10 atom stereocenters. The monoisotopic (exact) mass is 619 g/mol. The van der Waals surface area contributed by atoms with Crippen LogP contribution in [0.2, 0.25) is 0 Å². The Bertz CT molecular complexity index is 1390. The lowest BCUT2D eigenvalue weighted by Crippen LogP contribution is -2.70. The third-order valence-electron chi connectivity index (χ3n) is 11.3. The molecule has 7 rings (SSSR count). The number of thiophene rings is 1. The van der Waals surface area contributed by atoms with E-state index in [9.17, 15) is 19.5 Å². The molecule has 0 amide bonds. The number of fused-ring (bicyclic) bond motifs is 7. The molecule has 0 bridgehead atoms. The Hall–Kier alpha value is -1.92. The molecular weight excluding hydrogens is 584 g/mol. The largest absolute Gasteiger partial charge is 0.465 e. The molecular formula is C31H35F2NO6S2. The summed E-state index contributed by atoms with van der Waals surface area (Å²) in [7, 11) is 0. The number of carbonyl (C=O) groups is 3. The Labute approximate surface area is 251 Å². The molecule has 1 aromatic rings. The number of hydrogen-bond acceptors (Lipinski definition) is 9. The first kappa shape index (κ1) is 28.8. The molecule has 0 spiro atoms. The summed E-state index contributed by atoms with van der Waals surface area (Å²) in [5, 5.41) is 17.2. The predicted octanol–water partition coefficient (Wildman–Crippen LogP) is 4.40. The van der Waals surface area contributed by atoms with Crippen LogP contribution in [-0.2, 0) is 30.5 Å². The number of esters is 1. The first-order valence-corrected chi connectivity index (χ1v) is 16.7. The van der Waals surface area contributed by atoms with Crippen LogP contribution < -0.4 is 0 Å². The summed E-state index contributed by atoms with van der Waals surface area (Å²) < 4.78 is 38.6. The fourth-order valence-corrected chi connectivity index (χ4v) is 11.1. The van der Waals surface area contributed by atoms with E-state index in [1.165, 1.54) is 30.0 Å². The van der Waals surface area contributed by atoms with Gasteiger partial charge < -0.3 is 9.84 Å². The molecule has 11 heteroatoms. The molecule has 1 N–H and O–H groups in total. The van der Waals surface area contributed by atoms with Gasteiger partial charge in [-0.15, -0.1) is 11.8 Å². The summed E-state index contributed by atoms with van der Waals surface area (Å²) in [5.41, 5.74) is -4.91. The highest BCUT2D eigenvalue weighted by molar-refractivity contribution is 8.01. The van der Waals surface area contributed by atoms with E-state index in [2.05, 4.69) is 0 Å². The molecule has 3 heterocycles. The summed E-state index contributed by atoms with van der Waals surface area (Å²) in [5.74, 6) is -2.49. The van der Waals surface area contributed by atoms with E-state index in [0.717, 1.165) is 5.56 Å². The van der Waals surface area contributed by atoms with E-state index < -0.39 is 51.5 Å². The molecule has 4 aliphatic carbocycles. The van der Waals surface area contributed by atoms with Crippen LogP contribution in [0.25, 0.3) is 0 Å². The zero-order chi connectivity index (χ0) is 29.7. The Kier molecular flexibility index (Phi) is 6.72. The molecule has 226 valence electrons. The topological polar surface area (TPSA) is 93.1 Å². The Morgan fingerprint density at radius 3 is 2.79 bits per heavy atom. The van der Waals surface area contributed by atoms with Crippen LogP contribution in [0.3, 0.4) is 0 Å². The molecule has 3 saturated carbocycles. The van der Waals surface area contributed by atoms with Crippen molar-refractivity contribution < 1.29 is 37.8 Å². The lowest BCUT2D eigenvalue weighted by Gasteiger charge is -2.63. The second kappa shape index (κ2) is 9.79. The SMILES string of the molecule is C[C@]12C=CC(=O)C=C1[C@@H](F)C[C@H]1[C@@H]3C[C@H]4CN(Cc5ccsc5)O[C@@]4(C(=O)CSC4CCOC4=O)[C@@]3(C)C[C@H](O)[C@@]12F. The maximum absolute atomic E-state index is 17.7. The van der Waals surface area contributed by atoms with Crippen molar-refractivity contribution in [2.45, 2.75) is 74.9 Å². The number of rotatable bonds is 6. The fourth-order valence-electron chi connectivity index (χ4n) is 9.41. The molecule has 42 heavy (non-hydrogen) atoms. The maximum Gasteiger partial charge on any atom is 0.319 e. The number of thioether (sulfide) groups is 1. The lowest BCUT2D eigenvalue weighted by molar-refractivity contribution is -0.268. The van der Waals surface area contributed by atoms with Gasteiger partial charge in [0.05, 0.1) is 18.5 Å². The highest BCUT2D eigenvalue weighted by Crippen LogP contribution is 2.72. The van der Waals surface area contributed by atoms with Gasteiger partial charge in [0, 0.05) is 42.2 Å². The number of allylic oxidation sites excluding steroid dienone is 4. The van der Waals surface area contributed by atoms with E-state index in [1.54, 1.807) is 23.3 Å². The van der Waals surface area contributed by atoms with E-state index in [-0.39, 0.29) is 47.6 Å². The van der Waals surface area contributed by atoms with Crippen LogP contribution in [0.15, 0.2) is 40.6 Å².